The van der Waals surface area contributed by atoms with Crippen LogP contribution in [-0.4, -0.2) is 95.4 Å². The molecule has 8 unspecified atom stereocenters. The van der Waals surface area contributed by atoms with Crippen molar-refractivity contribution < 1.29 is 19.2 Å². The Balaban J connectivity index is 1.47. The molecule has 0 radical (unpaired) electrons. The van der Waals surface area contributed by atoms with Crippen LogP contribution in [0.25, 0.3) is 0 Å². The molecule has 2 aliphatic heterocycles. The minimum absolute atomic E-state index is 0.000469. The van der Waals surface area contributed by atoms with Crippen LogP contribution in [0, 0.1) is 11.8 Å². The van der Waals surface area contributed by atoms with Gasteiger partial charge in [-0.2, -0.15) is 0 Å². The summed E-state index contributed by atoms with van der Waals surface area (Å²) in [4.78, 5) is 55.8. The lowest BCUT2D eigenvalue weighted by molar-refractivity contribution is -0.138. The fraction of sp³-hybridized carbons (Fsp3) is 0.862. The zero-order chi connectivity index (χ0) is 28.3. The number of piperazine rings is 2. The second kappa shape index (κ2) is 13.0. The molecule has 4 amide bonds. The molecular weight excluding hydrogens is 496 g/mol. The van der Waals surface area contributed by atoms with Gasteiger partial charge in [-0.1, -0.05) is 19.8 Å². The van der Waals surface area contributed by atoms with Gasteiger partial charge in [-0.3, -0.25) is 29.0 Å². The molecule has 0 aromatic rings. The van der Waals surface area contributed by atoms with Crippen molar-refractivity contribution in [2.75, 3.05) is 19.6 Å². The number of carbonyl (C=O) groups excluding carboxylic acids is 4. The van der Waals surface area contributed by atoms with E-state index >= 15 is 0 Å². The third-order valence-corrected chi connectivity index (χ3v) is 9.38. The maximum Gasteiger partial charge on any atom is 0.237 e. The molecule has 4 aliphatic rings. The molecule has 2 saturated heterocycles. The Kier molecular flexibility index (Phi) is 9.91. The number of carbonyl (C=O) groups is 4. The summed E-state index contributed by atoms with van der Waals surface area (Å²) in [6.07, 6.45) is 7.80. The van der Waals surface area contributed by atoms with Crippen LogP contribution in [0.1, 0.15) is 86.0 Å². The molecule has 0 spiro atoms. The highest BCUT2D eigenvalue weighted by Gasteiger charge is 2.46. The molecule has 39 heavy (non-hydrogen) atoms. The highest BCUT2D eigenvalue weighted by atomic mass is 16.2. The Morgan fingerprint density at radius 3 is 2.21 bits per heavy atom. The van der Waals surface area contributed by atoms with Gasteiger partial charge in [0.2, 0.25) is 23.6 Å². The van der Waals surface area contributed by atoms with Crippen molar-refractivity contribution in [3.63, 3.8) is 0 Å². The molecule has 8 atom stereocenters. The van der Waals surface area contributed by atoms with Gasteiger partial charge in [-0.15, -0.1) is 0 Å². The molecule has 4 fully saturated rings. The molecular formula is C29H50N6O4. The molecule has 10 heteroatoms. The second-order valence-corrected chi connectivity index (χ2v) is 12.7. The van der Waals surface area contributed by atoms with E-state index in [-0.39, 0.29) is 84.9 Å². The van der Waals surface area contributed by atoms with Gasteiger partial charge in [0.1, 0.15) is 0 Å². The van der Waals surface area contributed by atoms with Crippen molar-refractivity contribution in [3.8, 4) is 0 Å². The number of rotatable bonds is 9. The molecule has 0 bridgehead atoms. The average Bonchev–Trinajstić information content (AvgIpc) is 2.87. The summed E-state index contributed by atoms with van der Waals surface area (Å²) < 4.78 is 0. The van der Waals surface area contributed by atoms with E-state index in [1.807, 2.05) is 27.7 Å². The highest BCUT2D eigenvalue weighted by Crippen LogP contribution is 2.37. The maximum absolute atomic E-state index is 13.6. The number of fused-ring (bicyclic) bond motifs is 2. The predicted octanol–water partition coefficient (Wildman–Crippen LogP) is 1.14. The smallest absolute Gasteiger partial charge is 0.237 e. The normalized spacial score (nSPS) is 32.2. The Morgan fingerprint density at radius 1 is 0.872 bits per heavy atom. The van der Waals surface area contributed by atoms with Gasteiger partial charge in [0.15, 0.2) is 0 Å². The standard InChI is InChI=1S/C29H50N6O4/c1-6-30-28(38)19(5)34-15-25(36)33-22-14-20(11-12-24(22)34)13-18(4)27(29(39)31-17(2)3)35-16-26(37)32-21-9-7-8-10-23(21)35/h17-24,27H,6-16H2,1-5H3,(H,30,38)(H,31,39)(H,32,37)(H,33,36). The first-order valence-electron chi connectivity index (χ1n) is 15.3. The minimum atomic E-state index is -0.364. The zero-order valence-electron chi connectivity index (χ0n) is 24.5. The van der Waals surface area contributed by atoms with Gasteiger partial charge < -0.3 is 21.3 Å². The molecule has 0 aromatic heterocycles. The van der Waals surface area contributed by atoms with Gasteiger partial charge >= 0.3 is 0 Å². The monoisotopic (exact) mass is 546 g/mol. The molecule has 2 saturated carbocycles. The molecule has 4 rings (SSSR count). The maximum atomic E-state index is 13.6. The molecule has 220 valence electrons. The molecule has 10 nitrogen and oxygen atoms in total. The molecule has 0 aromatic carbocycles. The number of likely N-dealkylation sites (N-methyl/N-ethyl adjacent to an activating group) is 1. The summed E-state index contributed by atoms with van der Waals surface area (Å²) in [6, 6.07) is -0.236. The van der Waals surface area contributed by atoms with Crippen LogP contribution in [0.3, 0.4) is 0 Å². The van der Waals surface area contributed by atoms with Crippen molar-refractivity contribution in [1.29, 1.82) is 0 Å². The Bertz CT molecular complexity index is 912. The summed E-state index contributed by atoms with van der Waals surface area (Å²) in [5.41, 5.74) is 0. The molecule has 2 heterocycles. The second-order valence-electron chi connectivity index (χ2n) is 12.7. The van der Waals surface area contributed by atoms with Gasteiger partial charge in [-0.25, -0.2) is 0 Å². The van der Waals surface area contributed by atoms with Gasteiger partial charge in [0, 0.05) is 36.8 Å². The Morgan fingerprint density at radius 2 is 1.51 bits per heavy atom. The number of hydrogen-bond acceptors (Lipinski definition) is 6. The third-order valence-electron chi connectivity index (χ3n) is 9.38. The summed E-state index contributed by atoms with van der Waals surface area (Å²) in [5, 5.41) is 12.4. The van der Waals surface area contributed by atoms with Crippen LogP contribution in [-0.2, 0) is 19.2 Å². The average molecular weight is 547 g/mol. The fourth-order valence-electron chi connectivity index (χ4n) is 7.72. The van der Waals surface area contributed by atoms with Crippen LogP contribution >= 0.6 is 0 Å². The fourth-order valence-corrected chi connectivity index (χ4v) is 7.72. The van der Waals surface area contributed by atoms with Crippen molar-refractivity contribution in [3.05, 3.63) is 0 Å². The first kappa shape index (κ1) is 29.8. The van der Waals surface area contributed by atoms with E-state index in [2.05, 4.69) is 38.0 Å². The summed E-state index contributed by atoms with van der Waals surface area (Å²) >= 11 is 0. The molecule has 2 aliphatic carbocycles. The van der Waals surface area contributed by atoms with Crippen molar-refractivity contribution in [1.82, 2.24) is 31.1 Å². The van der Waals surface area contributed by atoms with E-state index < -0.39 is 0 Å². The van der Waals surface area contributed by atoms with E-state index in [0.29, 0.717) is 12.5 Å². The largest absolute Gasteiger partial charge is 0.355 e. The number of nitrogens with zero attached hydrogens (tertiary/aromatic N) is 2. The summed E-state index contributed by atoms with van der Waals surface area (Å²) in [5.74, 6) is 0.377. The van der Waals surface area contributed by atoms with Crippen LogP contribution < -0.4 is 21.3 Å². The predicted molar refractivity (Wildman–Crippen MR) is 150 cm³/mol. The van der Waals surface area contributed by atoms with Gasteiger partial charge in [0.05, 0.1) is 25.2 Å². The van der Waals surface area contributed by atoms with Gasteiger partial charge in [0.25, 0.3) is 0 Å². The van der Waals surface area contributed by atoms with Crippen LogP contribution in [0.5, 0.6) is 0 Å². The summed E-state index contributed by atoms with van der Waals surface area (Å²) in [7, 11) is 0. The number of nitrogens with one attached hydrogen (secondary N) is 4. The lowest BCUT2D eigenvalue weighted by atomic mass is 9.75. The first-order chi connectivity index (χ1) is 18.6. The minimum Gasteiger partial charge on any atom is -0.355 e. The number of amides is 4. The first-order valence-corrected chi connectivity index (χ1v) is 15.3. The van der Waals surface area contributed by atoms with Crippen molar-refractivity contribution >= 4 is 23.6 Å². The Hall–Kier alpha value is -2.20. The van der Waals surface area contributed by atoms with Crippen LogP contribution in [0.4, 0.5) is 0 Å². The van der Waals surface area contributed by atoms with E-state index in [1.54, 1.807) is 0 Å². The third kappa shape index (κ3) is 6.93. The van der Waals surface area contributed by atoms with E-state index in [4.69, 9.17) is 0 Å². The lowest BCUT2D eigenvalue weighted by Gasteiger charge is -2.50. The van der Waals surface area contributed by atoms with E-state index in [0.717, 1.165) is 51.4 Å². The topological polar surface area (TPSA) is 123 Å². The van der Waals surface area contributed by atoms with E-state index in [9.17, 15) is 19.2 Å². The van der Waals surface area contributed by atoms with Crippen molar-refractivity contribution in [2.45, 2.75) is 128 Å². The SMILES string of the molecule is CCNC(=O)C(C)N1CC(=O)NC2CC(CC(C)C(C(=O)NC(C)C)N3CC(=O)NC4CCCCC43)CCC21. The number of hydrogen-bond donors (Lipinski definition) is 4. The molecule has 4 N–H and O–H groups in total. The lowest BCUT2D eigenvalue weighted by Crippen LogP contribution is -2.67. The van der Waals surface area contributed by atoms with Gasteiger partial charge in [-0.05, 0) is 78.1 Å². The highest BCUT2D eigenvalue weighted by molar-refractivity contribution is 5.85. The van der Waals surface area contributed by atoms with Crippen LogP contribution in [0.15, 0.2) is 0 Å². The zero-order valence-corrected chi connectivity index (χ0v) is 24.5. The summed E-state index contributed by atoms with van der Waals surface area (Å²) in [6.45, 7) is 11.0. The van der Waals surface area contributed by atoms with E-state index in [1.165, 1.54) is 0 Å². The quantitative estimate of drug-likeness (QED) is 0.344. The van der Waals surface area contributed by atoms with Crippen molar-refractivity contribution in [2.24, 2.45) is 11.8 Å². The Labute approximate surface area is 233 Å². The van der Waals surface area contributed by atoms with Crippen LogP contribution in [0.2, 0.25) is 0 Å².